The first-order valence-corrected chi connectivity index (χ1v) is 9.17. The minimum Gasteiger partial charge on any atom is -0.508 e. The number of nitrogens with one attached hydrogen (secondary N) is 1. The van der Waals surface area contributed by atoms with Crippen LogP contribution in [0.4, 0.5) is 0 Å². The van der Waals surface area contributed by atoms with Crippen molar-refractivity contribution in [2.75, 3.05) is 0 Å². The number of β-lactam (4-membered cyclic amide) rings is 1. The summed E-state index contributed by atoms with van der Waals surface area (Å²) in [5, 5.41) is 22.6. The van der Waals surface area contributed by atoms with Gasteiger partial charge in [0.1, 0.15) is 23.2 Å². The molecule has 2 heterocycles. The van der Waals surface area contributed by atoms with Gasteiger partial charge in [0.15, 0.2) is 6.04 Å². The number of thioether (sulfide) groups is 1. The zero-order valence-electron chi connectivity index (χ0n) is 14.4. The fraction of sp³-hybridized carbons (Fsp3) is 0.278. The van der Waals surface area contributed by atoms with E-state index in [-0.39, 0.29) is 5.75 Å². The number of aromatic hydroxyl groups is 1. The monoisotopic (exact) mass is 389 g/mol. The van der Waals surface area contributed by atoms with Crippen molar-refractivity contribution in [3.8, 4) is 5.75 Å². The number of phenols is 1. The molecule has 1 unspecified atom stereocenters. The number of carbonyl (C=O) groups excluding carboxylic acids is 2. The van der Waals surface area contributed by atoms with E-state index in [1.807, 2.05) is 0 Å². The van der Waals surface area contributed by atoms with E-state index in [1.165, 1.54) is 40.9 Å². The highest BCUT2D eigenvalue weighted by molar-refractivity contribution is 8.03. The number of nitrogens with zero attached hydrogens (tertiary/aromatic N) is 1. The fourth-order valence-corrected chi connectivity index (χ4v) is 4.27. The van der Waals surface area contributed by atoms with Crippen LogP contribution in [0, 0.1) is 0 Å². The zero-order chi connectivity index (χ0) is 19.7. The molecule has 1 fully saturated rings. The van der Waals surface area contributed by atoms with Gasteiger partial charge in [-0.3, -0.25) is 9.59 Å². The van der Waals surface area contributed by atoms with Gasteiger partial charge in [0.2, 0.25) is 11.8 Å². The Morgan fingerprint density at radius 3 is 2.59 bits per heavy atom. The van der Waals surface area contributed by atoms with E-state index in [9.17, 15) is 24.6 Å². The number of benzene rings is 1. The van der Waals surface area contributed by atoms with E-state index in [0.29, 0.717) is 11.1 Å². The van der Waals surface area contributed by atoms with Crippen LogP contribution in [-0.4, -0.2) is 50.4 Å². The Morgan fingerprint density at radius 2 is 2.00 bits per heavy atom. The molecule has 27 heavy (non-hydrogen) atoms. The molecule has 0 spiro atoms. The van der Waals surface area contributed by atoms with Gasteiger partial charge in [-0.15, -0.1) is 11.8 Å². The molecule has 2 amide bonds. The number of rotatable bonds is 5. The third-order valence-electron chi connectivity index (χ3n) is 4.44. The molecule has 1 aromatic carbocycles. The SMILES string of the molecule is C/C=C/C1=CS[C@@H]2[C@H](NC(=O)[C@H](N)c3ccc(O)cc3)C(=O)N2C1C(=O)O. The standard InChI is InChI=1S/C18H19N3O5S/c1-2-3-10-8-27-17-13(16(24)21(17)14(10)18(25)26)20-15(23)12(19)9-4-6-11(22)7-5-9/h2-8,12-14,17,22H,19H2,1H3,(H,20,23)(H,25,26)/b3-2+/t12-,13-,14?,17-/m1/s1. The predicted molar refractivity (Wildman–Crippen MR) is 99.5 cm³/mol. The van der Waals surface area contributed by atoms with Crippen molar-refractivity contribution in [1.82, 2.24) is 10.2 Å². The third-order valence-corrected chi connectivity index (χ3v) is 5.63. The van der Waals surface area contributed by atoms with Crippen LogP contribution in [0.15, 0.2) is 47.4 Å². The number of nitrogens with two attached hydrogens (primary N) is 1. The summed E-state index contributed by atoms with van der Waals surface area (Å²) in [6, 6.07) is 2.97. The lowest BCUT2D eigenvalue weighted by atomic mass is 9.97. The number of allylic oxidation sites excluding steroid dienone is 1. The zero-order valence-corrected chi connectivity index (χ0v) is 15.2. The van der Waals surface area contributed by atoms with Gasteiger partial charge < -0.3 is 26.2 Å². The van der Waals surface area contributed by atoms with E-state index in [2.05, 4.69) is 5.32 Å². The Bertz CT molecular complexity index is 836. The summed E-state index contributed by atoms with van der Waals surface area (Å²) in [6.45, 7) is 1.77. The quantitative estimate of drug-likeness (QED) is 0.545. The van der Waals surface area contributed by atoms with Crippen molar-refractivity contribution in [2.24, 2.45) is 5.73 Å². The average molecular weight is 389 g/mol. The average Bonchev–Trinajstić information content (AvgIpc) is 2.65. The van der Waals surface area contributed by atoms with Gasteiger partial charge in [0.25, 0.3) is 0 Å². The summed E-state index contributed by atoms with van der Waals surface area (Å²) in [4.78, 5) is 37.8. The number of carboxylic acid groups (broad SMARTS) is 1. The van der Waals surface area contributed by atoms with Crippen LogP contribution in [0.2, 0.25) is 0 Å². The molecule has 3 rings (SSSR count). The smallest absolute Gasteiger partial charge is 0.331 e. The minimum absolute atomic E-state index is 0.0539. The topological polar surface area (TPSA) is 133 Å². The Hall–Kier alpha value is -2.78. The van der Waals surface area contributed by atoms with Crippen molar-refractivity contribution < 1.29 is 24.6 Å². The van der Waals surface area contributed by atoms with Gasteiger partial charge in [-0.25, -0.2) is 4.79 Å². The number of phenolic OH excluding ortho intramolecular Hbond substituents is 1. The lowest BCUT2D eigenvalue weighted by Crippen LogP contribution is -2.74. The molecule has 5 N–H and O–H groups in total. The Morgan fingerprint density at radius 1 is 1.33 bits per heavy atom. The molecule has 1 aromatic rings. The number of hydrogen-bond acceptors (Lipinski definition) is 6. The molecule has 2 aliphatic rings. The molecule has 0 bridgehead atoms. The van der Waals surface area contributed by atoms with Gasteiger partial charge in [-0.1, -0.05) is 24.3 Å². The number of amides is 2. The highest BCUT2D eigenvalue weighted by atomic mass is 32.2. The highest BCUT2D eigenvalue weighted by Gasteiger charge is 2.55. The summed E-state index contributed by atoms with van der Waals surface area (Å²) in [5.74, 6) is -2.07. The molecule has 9 heteroatoms. The largest absolute Gasteiger partial charge is 0.508 e. The van der Waals surface area contributed by atoms with Crippen LogP contribution in [0.25, 0.3) is 0 Å². The van der Waals surface area contributed by atoms with Gasteiger partial charge in [-0.2, -0.15) is 0 Å². The van der Waals surface area contributed by atoms with Gasteiger partial charge in [-0.05, 0) is 35.6 Å². The van der Waals surface area contributed by atoms with Crippen molar-refractivity contribution in [2.45, 2.75) is 30.4 Å². The summed E-state index contributed by atoms with van der Waals surface area (Å²) in [6.07, 6.45) is 3.37. The molecule has 0 saturated carbocycles. The Kier molecular flexibility index (Phi) is 5.24. The van der Waals surface area contributed by atoms with Crippen LogP contribution in [0.1, 0.15) is 18.5 Å². The van der Waals surface area contributed by atoms with Gasteiger partial charge in [0, 0.05) is 0 Å². The van der Waals surface area contributed by atoms with E-state index in [0.717, 1.165) is 0 Å². The van der Waals surface area contributed by atoms with Gasteiger partial charge in [0.05, 0.1) is 0 Å². The van der Waals surface area contributed by atoms with Crippen molar-refractivity contribution >= 4 is 29.5 Å². The van der Waals surface area contributed by atoms with Crippen LogP contribution < -0.4 is 11.1 Å². The summed E-state index contributed by atoms with van der Waals surface area (Å²) in [7, 11) is 0. The van der Waals surface area contributed by atoms with E-state index in [1.54, 1.807) is 24.5 Å². The molecular weight excluding hydrogens is 370 g/mol. The first-order valence-electron chi connectivity index (χ1n) is 8.23. The highest BCUT2D eigenvalue weighted by Crippen LogP contribution is 2.40. The van der Waals surface area contributed by atoms with E-state index >= 15 is 0 Å². The maximum atomic E-state index is 12.5. The van der Waals surface area contributed by atoms with Crippen LogP contribution in [0.3, 0.4) is 0 Å². The first-order chi connectivity index (χ1) is 12.8. The predicted octanol–water partition coefficient (Wildman–Crippen LogP) is 0.705. The Balaban J connectivity index is 1.73. The van der Waals surface area contributed by atoms with Crippen LogP contribution in [0.5, 0.6) is 5.75 Å². The number of hydrogen-bond donors (Lipinski definition) is 4. The number of carboxylic acids is 1. The molecule has 0 radical (unpaired) electrons. The summed E-state index contributed by atoms with van der Waals surface area (Å²) >= 11 is 1.29. The van der Waals surface area contributed by atoms with E-state index < -0.39 is 41.3 Å². The van der Waals surface area contributed by atoms with Crippen molar-refractivity contribution in [3.05, 3.63) is 53.0 Å². The normalized spacial score (nSPS) is 25.4. The number of fused-ring (bicyclic) bond motifs is 1. The fourth-order valence-electron chi connectivity index (χ4n) is 3.07. The lowest BCUT2D eigenvalue weighted by molar-refractivity contribution is -0.160. The van der Waals surface area contributed by atoms with E-state index in [4.69, 9.17) is 5.73 Å². The molecule has 4 atom stereocenters. The molecular formula is C18H19N3O5S. The second-order valence-corrected chi connectivity index (χ2v) is 7.18. The van der Waals surface area contributed by atoms with Crippen molar-refractivity contribution in [3.63, 3.8) is 0 Å². The van der Waals surface area contributed by atoms with Crippen molar-refractivity contribution in [1.29, 1.82) is 0 Å². The lowest BCUT2D eigenvalue weighted by Gasteiger charge is -2.51. The molecule has 2 aliphatic heterocycles. The molecule has 0 aliphatic carbocycles. The molecule has 142 valence electrons. The first kappa shape index (κ1) is 19.0. The maximum absolute atomic E-state index is 12.5. The van der Waals surface area contributed by atoms with Gasteiger partial charge >= 0.3 is 5.97 Å². The maximum Gasteiger partial charge on any atom is 0.331 e. The molecule has 0 aromatic heterocycles. The number of aliphatic carboxylic acids is 1. The Labute approximate surface area is 159 Å². The summed E-state index contributed by atoms with van der Waals surface area (Å²) in [5.41, 5.74) is 6.93. The molecule has 8 nitrogen and oxygen atoms in total. The number of carbonyl (C=O) groups is 3. The molecule has 1 saturated heterocycles. The third kappa shape index (κ3) is 3.43. The minimum atomic E-state index is -1.12. The summed E-state index contributed by atoms with van der Waals surface area (Å²) < 4.78 is 0. The second-order valence-electron chi connectivity index (χ2n) is 6.19. The second kappa shape index (κ2) is 7.45. The van der Waals surface area contributed by atoms with Crippen LogP contribution >= 0.6 is 11.8 Å². The van der Waals surface area contributed by atoms with Crippen LogP contribution in [-0.2, 0) is 14.4 Å².